The zero-order chi connectivity index (χ0) is 14.0. The molecule has 0 unspecified atom stereocenters. The van der Waals surface area contributed by atoms with Crippen molar-refractivity contribution in [1.82, 2.24) is 0 Å². The molecule has 0 fully saturated rings. The van der Waals surface area contributed by atoms with Crippen LogP contribution in [0.15, 0.2) is 36.4 Å². The third-order valence-electron chi connectivity index (χ3n) is 2.87. The summed E-state index contributed by atoms with van der Waals surface area (Å²) in [6.07, 6.45) is 0. The quantitative estimate of drug-likeness (QED) is 0.918. The number of carboxylic acid groups (broad SMARTS) is 1. The van der Waals surface area contributed by atoms with Crippen molar-refractivity contribution in [3.05, 3.63) is 53.3 Å². The van der Waals surface area contributed by atoms with Crippen molar-refractivity contribution in [3.8, 4) is 16.9 Å². The number of rotatable bonds is 3. The van der Waals surface area contributed by atoms with E-state index >= 15 is 0 Å². The normalized spacial score (nSPS) is 10.3. The zero-order valence-corrected chi connectivity index (χ0v) is 10.6. The molecule has 0 saturated carbocycles. The molecule has 0 atom stereocenters. The van der Waals surface area contributed by atoms with Gasteiger partial charge < -0.3 is 9.84 Å². The standard InChI is InChI=1S/C15H13FO3/c1-9-5-10(3-4-14(9)19-2)11-6-12(15(17)18)8-13(16)7-11/h3-8H,1-2H3,(H,17,18). The molecule has 2 aromatic rings. The van der Waals surface area contributed by atoms with Gasteiger partial charge in [0.2, 0.25) is 0 Å². The van der Waals surface area contributed by atoms with Crippen LogP contribution >= 0.6 is 0 Å². The lowest BCUT2D eigenvalue weighted by Crippen LogP contribution is -1.98. The Morgan fingerprint density at radius 3 is 2.47 bits per heavy atom. The maximum Gasteiger partial charge on any atom is 0.335 e. The molecule has 0 aromatic heterocycles. The largest absolute Gasteiger partial charge is 0.496 e. The lowest BCUT2D eigenvalue weighted by molar-refractivity contribution is 0.0696. The monoisotopic (exact) mass is 260 g/mol. The van der Waals surface area contributed by atoms with Crippen LogP contribution < -0.4 is 4.74 Å². The van der Waals surface area contributed by atoms with E-state index in [-0.39, 0.29) is 5.56 Å². The van der Waals surface area contributed by atoms with Crippen LogP contribution in [0.3, 0.4) is 0 Å². The summed E-state index contributed by atoms with van der Waals surface area (Å²) >= 11 is 0. The predicted octanol–water partition coefficient (Wildman–Crippen LogP) is 3.51. The Balaban J connectivity index is 2.52. The van der Waals surface area contributed by atoms with E-state index in [4.69, 9.17) is 9.84 Å². The first-order valence-electron chi connectivity index (χ1n) is 5.70. The number of aromatic carboxylic acids is 1. The first kappa shape index (κ1) is 13.1. The highest BCUT2D eigenvalue weighted by molar-refractivity contribution is 5.89. The van der Waals surface area contributed by atoms with Crippen LogP contribution in [0.5, 0.6) is 5.75 Å². The fraction of sp³-hybridized carbons (Fsp3) is 0.133. The highest BCUT2D eigenvalue weighted by Gasteiger charge is 2.09. The lowest BCUT2D eigenvalue weighted by atomic mass is 10.0. The lowest BCUT2D eigenvalue weighted by Gasteiger charge is -2.08. The minimum absolute atomic E-state index is 0.0662. The molecule has 0 amide bonds. The summed E-state index contributed by atoms with van der Waals surface area (Å²) < 4.78 is 18.6. The van der Waals surface area contributed by atoms with E-state index < -0.39 is 11.8 Å². The molecule has 4 heteroatoms. The third kappa shape index (κ3) is 2.73. The Kier molecular flexibility index (Phi) is 3.51. The van der Waals surface area contributed by atoms with Crippen LogP contribution in [-0.4, -0.2) is 18.2 Å². The number of ether oxygens (including phenoxy) is 1. The maximum atomic E-state index is 13.4. The van der Waals surface area contributed by atoms with Gasteiger partial charge in [-0.25, -0.2) is 9.18 Å². The minimum atomic E-state index is -1.15. The molecule has 0 radical (unpaired) electrons. The second-order valence-electron chi connectivity index (χ2n) is 4.22. The van der Waals surface area contributed by atoms with Crippen molar-refractivity contribution in [2.45, 2.75) is 6.92 Å². The molecule has 0 aliphatic carbocycles. The molecule has 2 aromatic carbocycles. The van der Waals surface area contributed by atoms with Gasteiger partial charge in [0.05, 0.1) is 12.7 Å². The average Bonchev–Trinajstić information content (AvgIpc) is 2.37. The Morgan fingerprint density at radius 1 is 1.16 bits per heavy atom. The van der Waals surface area contributed by atoms with Crippen molar-refractivity contribution in [2.24, 2.45) is 0 Å². The number of carbonyl (C=O) groups is 1. The van der Waals surface area contributed by atoms with Gasteiger partial charge >= 0.3 is 5.97 Å². The van der Waals surface area contributed by atoms with Crippen LogP contribution in [0.1, 0.15) is 15.9 Å². The zero-order valence-electron chi connectivity index (χ0n) is 10.6. The van der Waals surface area contributed by atoms with E-state index in [9.17, 15) is 9.18 Å². The van der Waals surface area contributed by atoms with Gasteiger partial charge in [0.1, 0.15) is 11.6 Å². The van der Waals surface area contributed by atoms with Crippen LogP contribution in [0, 0.1) is 12.7 Å². The molecule has 19 heavy (non-hydrogen) atoms. The molecule has 98 valence electrons. The van der Waals surface area contributed by atoms with Crippen LogP contribution in [0.2, 0.25) is 0 Å². The number of hydrogen-bond acceptors (Lipinski definition) is 2. The molecule has 0 bridgehead atoms. The van der Waals surface area contributed by atoms with Crippen LogP contribution in [0.4, 0.5) is 4.39 Å². The van der Waals surface area contributed by atoms with Crippen molar-refractivity contribution >= 4 is 5.97 Å². The van der Waals surface area contributed by atoms with Crippen molar-refractivity contribution < 1.29 is 19.0 Å². The fourth-order valence-electron chi connectivity index (χ4n) is 1.94. The summed E-state index contributed by atoms with van der Waals surface area (Å²) in [5.41, 5.74) is 2.12. The summed E-state index contributed by atoms with van der Waals surface area (Å²) in [5, 5.41) is 8.93. The summed E-state index contributed by atoms with van der Waals surface area (Å²) in [5.74, 6) is -0.979. The molecule has 0 saturated heterocycles. The number of methoxy groups -OCH3 is 1. The Morgan fingerprint density at radius 2 is 1.89 bits per heavy atom. The maximum absolute atomic E-state index is 13.4. The summed E-state index contributed by atoms with van der Waals surface area (Å²) in [6.45, 7) is 1.87. The van der Waals surface area contributed by atoms with Gasteiger partial charge in [-0.15, -0.1) is 0 Å². The summed E-state index contributed by atoms with van der Waals surface area (Å²) in [4.78, 5) is 10.9. The number of halogens is 1. The molecular formula is C15H13FO3. The van der Waals surface area contributed by atoms with E-state index in [1.165, 1.54) is 12.1 Å². The molecule has 3 nitrogen and oxygen atoms in total. The van der Waals surface area contributed by atoms with Gasteiger partial charge in [-0.05, 0) is 53.9 Å². The average molecular weight is 260 g/mol. The van der Waals surface area contributed by atoms with Crippen LogP contribution in [0.25, 0.3) is 11.1 Å². The Bertz CT molecular complexity index is 635. The number of benzene rings is 2. The van der Waals surface area contributed by atoms with Gasteiger partial charge in [0, 0.05) is 0 Å². The van der Waals surface area contributed by atoms with E-state index in [1.54, 1.807) is 19.2 Å². The van der Waals surface area contributed by atoms with Crippen LogP contribution in [-0.2, 0) is 0 Å². The molecule has 0 spiro atoms. The topological polar surface area (TPSA) is 46.5 Å². The summed E-state index contributed by atoms with van der Waals surface area (Å²) in [7, 11) is 1.58. The Labute approximate surface area is 110 Å². The number of carboxylic acids is 1. The first-order valence-corrected chi connectivity index (χ1v) is 5.70. The Hall–Kier alpha value is -2.36. The summed E-state index contributed by atoms with van der Waals surface area (Å²) in [6, 6.07) is 9.14. The van der Waals surface area contributed by atoms with E-state index in [2.05, 4.69) is 0 Å². The van der Waals surface area contributed by atoms with E-state index in [0.29, 0.717) is 5.56 Å². The first-order chi connectivity index (χ1) is 9.01. The number of aryl methyl sites for hydroxylation is 1. The fourth-order valence-corrected chi connectivity index (χ4v) is 1.94. The third-order valence-corrected chi connectivity index (χ3v) is 2.87. The molecule has 0 heterocycles. The van der Waals surface area contributed by atoms with Gasteiger partial charge in [0.25, 0.3) is 0 Å². The SMILES string of the molecule is COc1ccc(-c2cc(F)cc(C(=O)O)c2)cc1C. The van der Waals surface area contributed by atoms with Crippen molar-refractivity contribution in [1.29, 1.82) is 0 Å². The van der Waals surface area contributed by atoms with E-state index in [1.807, 2.05) is 13.0 Å². The second-order valence-corrected chi connectivity index (χ2v) is 4.22. The minimum Gasteiger partial charge on any atom is -0.496 e. The molecule has 1 N–H and O–H groups in total. The second kappa shape index (κ2) is 5.10. The molecule has 0 aliphatic rings. The van der Waals surface area contributed by atoms with Crippen molar-refractivity contribution in [2.75, 3.05) is 7.11 Å². The van der Waals surface area contributed by atoms with Gasteiger partial charge in [-0.1, -0.05) is 6.07 Å². The smallest absolute Gasteiger partial charge is 0.335 e. The van der Waals surface area contributed by atoms with Crippen molar-refractivity contribution in [3.63, 3.8) is 0 Å². The highest BCUT2D eigenvalue weighted by atomic mass is 19.1. The molecular weight excluding hydrogens is 247 g/mol. The predicted molar refractivity (Wildman–Crippen MR) is 70.1 cm³/mol. The highest BCUT2D eigenvalue weighted by Crippen LogP contribution is 2.27. The van der Waals surface area contributed by atoms with E-state index in [0.717, 1.165) is 22.9 Å². The number of hydrogen-bond donors (Lipinski definition) is 1. The van der Waals surface area contributed by atoms with Gasteiger partial charge in [-0.2, -0.15) is 0 Å². The van der Waals surface area contributed by atoms with Gasteiger partial charge in [0.15, 0.2) is 0 Å². The van der Waals surface area contributed by atoms with Gasteiger partial charge in [-0.3, -0.25) is 0 Å². The molecule has 0 aliphatic heterocycles. The molecule has 2 rings (SSSR count).